The van der Waals surface area contributed by atoms with Crippen LogP contribution in [-0.4, -0.2) is 32.1 Å². The van der Waals surface area contributed by atoms with Crippen molar-refractivity contribution in [2.75, 3.05) is 25.6 Å². The first-order valence-corrected chi connectivity index (χ1v) is 11.1. The highest BCUT2D eigenvalue weighted by atomic mass is 35.5. The molecule has 3 aromatic rings. The van der Waals surface area contributed by atoms with Gasteiger partial charge < -0.3 is 15.4 Å². The maximum atomic E-state index is 12.7. The van der Waals surface area contributed by atoms with Gasteiger partial charge in [0.25, 0.3) is 11.8 Å². The third-order valence-corrected chi connectivity index (χ3v) is 5.78. The van der Waals surface area contributed by atoms with Crippen LogP contribution in [0.2, 0.25) is 5.02 Å². The number of rotatable bonds is 9. The molecule has 160 valence electrons. The minimum Gasteiger partial charge on any atom is -0.383 e. The molecule has 2 amide bonds. The summed E-state index contributed by atoms with van der Waals surface area (Å²) in [6.07, 6.45) is 0. The summed E-state index contributed by atoms with van der Waals surface area (Å²) in [7, 11) is 1.57. The van der Waals surface area contributed by atoms with Crippen molar-refractivity contribution in [1.29, 1.82) is 0 Å². The second kappa shape index (κ2) is 11.6. The van der Waals surface area contributed by atoms with Crippen LogP contribution in [0.1, 0.15) is 26.3 Å². The average Bonchev–Trinajstić information content (AvgIpc) is 2.79. The van der Waals surface area contributed by atoms with Crippen LogP contribution in [0.4, 0.5) is 5.69 Å². The largest absolute Gasteiger partial charge is 0.383 e. The third-order valence-electron chi connectivity index (χ3n) is 4.45. The molecular weight excluding hydrogens is 432 g/mol. The molecule has 0 aromatic heterocycles. The molecule has 3 rings (SSSR count). The van der Waals surface area contributed by atoms with E-state index in [9.17, 15) is 9.59 Å². The zero-order valence-electron chi connectivity index (χ0n) is 17.1. The van der Waals surface area contributed by atoms with Gasteiger partial charge in [0.1, 0.15) is 0 Å². The van der Waals surface area contributed by atoms with Crippen molar-refractivity contribution < 1.29 is 14.3 Å². The molecular formula is C24H23ClN2O3S. The predicted octanol–water partition coefficient (Wildman–Crippen LogP) is 5.26. The lowest BCUT2D eigenvalue weighted by atomic mass is 10.1. The molecule has 5 nitrogen and oxygen atoms in total. The number of carbonyl (C=O) groups is 2. The van der Waals surface area contributed by atoms with Crippen LogP contribution in [0, 0.1) is 0 Å². The van der Waals surface area contributed by atoms with Gasteiger partial charge in [-0.2, -0.15) is 0 Å². The molecule has 0 saturated carbocycles. The number of methoxy groups -OCH3 is 1. The second-order valence-corrected chi connectivity index (χ2v) is 8.17. The maximum Gasteiger partial charge on any atom is 0.255 e. The highest BCUT2D eigenvalue weighted by Gasteiger charge is 2.14. The normalized spacial score (nSPS) is 10.5. The Hall–Kier alpha value is -2.80. The minimum atomic E-state index is -0.269. The van der Waals surface area contributed by atoms with Gasteiger partial charge in [0.15, 0.2) is 0 Å². The predicted molar refractivity (Wildman–Crippen MR) is 126 cm³/mol. The van der Waals surface area contributed by atoms with Crippen molar-refractivity contribution in [3.63, 3.8) is 0 Å². The number of thioether (sulfide) groups is 1. The fourth-order valence-electron chi connectivity index (χ4n) is 2.80. The van der Waals surface area contributed by atoms with Crippen LogP contribution in [0.25, 0.3) is 0 Å². The number of ether oxygens (including phenoxy) is 1. The van der Waals surface area contributed by atoms with Crippen molar-refractivity contribution in [2.24, 2.45) is 0 Å². The quantitative estimate of drug-likeness (QED) is 0.342. The van der Waals surface area contributed by atoms with Gasteiger partial charge in [-0.1, -0.05) is 35.9 Å². The molecule has 0 aliphatic carbocycles. The molecule has 0 atom stereocenters. The topological polar surface area (TPSA) is 67.4 Å². The number of anilines is 1. The Morgan fingerprint density at radius 2 is 1.65 bits per heavy atom. The van der Waals surface area contributed by atoms with Gasteiger partial charge >= 0.3 is 0 Å². The van der Waals surface area contributed by atoms with E-state index >= 15 is 0 Å². The van der Waals surface area contributed by atoms with Crippen LogP contribution < -0.4 is 10.6 Å². The Balaban J connectivity index is 1.60. The molecule has 0 aliphatic heterocycles. The van der Waals surface area contributed by atoms with Gasteiger partial charge in [0, 0.05) is 34.9 Å². The van der Waals surface area contributed by atoms with Crippen LogP contribution in [0.15, 0.2) is 77.7 Å². The lowest BCUT2D eigenvalue weighted by molar-refractivity contribution is 0.0938. The van der Waals surface area contributed by atoms with Gasteiger partial charge in [-0.25, -0.2) is 0 Å². The van der Waals surface area contributed by atoms with E-state index in [2.05, 4.69) is 10.6 Å². The Morgan fingerprint density at radius 1 is 0.935 bits per heavy atom. The number of amides is 2. The number of para-hydroxylation sites is 1. The van der Waals surface area contributed by atoms with E-state index in [0.717, 1.165) is 16.2 Å². The fourth-order valence-corrected chi connectivity index (χ4v) is 3.78. The molecule has 0 radical (unpaired) electrons. The van der Waals surface area contributed by atoms with Crippen LogP contribution in [0.3, 0.4) is 0 Å². The highest BCUT2D eigenvalue weighted by Crippen LogP contribution is 2.24. The zero-order chi connectivity index (χ0) is 22.1. The minimum absolute atomic E-state index is 0.262. The summed E-state index contributed by atoms with van der Waals surface area (Å²) in [6, 6.07) is 22.1. The van der Waals surface area contributed by atoms with E-state index in [1.54, 1.807) is 55.3 Å². The Kier molecular flexibility index (Phi) is 8.53. The molecule has 7 heteroatoms. The lowest BCUT2D eigenvalue weighted by Gasteiger charge is -2.11. The van der Waals surface area contributed by atoms with E-state index in [1.165, 1.54) is 0 Å². The van der Waals surface area contributed by atoms with E-state index in [1.807, 2.05) is 36.4 Å². The molecule has 0 unspecified atom stereocenters. The Bertz CT molecular complexity index is 1020. The number of halogens is 1. The van der Waals surface area contributed by atoms with Crippen molar-refractivity contribution in [3.05, 3.63) is 94.5 Å². The number of carbonyl (C=O) groups excluding carboxylic acids is 2. The van der Waals surface area contributed by atoms with Crippen molar-refractivity contribution >= 4 is 40.9 Å². The van der Waals surface area contributed by atoms with Crippen molar-refractivity contribution in [1.82, 2.24) is 5.32 Å². The highest BCUT2D eigenvalue weighted by molar-refractivity contribution is 7.98. The molecule has 3 aromatic carbocycles. The van der Waals surface area contributed by atoms with E-state index in [-0.39, 0.29) is 11.8 Å². The van der Waals surface area contributed by atoms with Crippen LogP contribution in [0.5, 0.6) is 0 Å². The molecule has 0 saturated heterocycles. The summed E-state index contributed by atoms with van der Waals surface area (Å²) < 4.78 is 4.95. The van der Waals surface area contributed by atoms with E-state index in [0.29, 0.717) is 35.0 Å². The molecule has 0 aliphatic rings. The summed E-state index contributed by atoms with van der Waals surface area (Å²) in [5.41, 5.74) is 2.50. The van der Waals surface area contributed by atoms with Crippen LogP contribution in [-0.2, 0) is 10.5 Å². The van der Waals surface area contributed by atoms with Gasteiger partial charge in [0.2, 0.25) is 0 Å². The Morgan fingerprint density at radius 3 is 2.35 bits per heavy atom. The van der Waals surface area contributed by atoms with Gasteiger partial charge in [-0.05, 0) is 54.1 Å². The summed E-state index contributed by atoms with van der Waals surface area (Å²) in [5, 5.41) is 6.31. The monoisotopic (exact) mass is 454 g/mol. The first-order valence-electron chi connectivity index (χ1n) is 9.71. The molecule has 0 spiro atoms. The molecule has 0 heterocycles. The first kappa shape index (κ1) is 22.9. The smallest absolute Gasteiger partial charge is 0.255 e. The summed E-state index contributed by atoms with van der Waals surface area (Å²) >= 11 is 7.61. The molecule has 0 bridgehead atoms. The van der Waals surface area contributed by atoms with Gasteiger partial charge in [-0.3, -0.25) is 9.59 Å². The Labute approximate surface area is 191 Å². The van der Waals surface area contributed by atoms with Gasteiger partial charge in [-0.15, -0.1) is 11.8 Å². The average molecular weight is 455 g/mol. The number of nitrogens with one attached hydrogen (secondary N) is 2. The number of hydrogen-bond acceptors (Lipinski definition) is 4. The standard InChI is InChI=1S/C24H23ClN2O3S/c1-30-15-14-26-24(29)21-4-2-3-5-22(21)27-23(28)18-8-6-17(7-9-18)16-31-20-12-10-19(25)11-13-20/h2-13H,14-16H2,1H3,(H,26,29)(H,27,28). The SMILES string of the molecule is COCCNC(=O)c1ccccc1NC(=O)c1ccc(CSc2ccc(Cl)cc2)cc1. The number of benzene rings is 3. The number of hydrogen-bond donors (Lipinski definition) is 2. The van der Waals surface area contributed by atoms with Gasteiger partial charge in [0.05, 0.1) is 17.9 Å². The summed E-state index contributed by atoms with van der Waals surface area (Å²) in [6.45, 7) is 0.816. The zero-order valence-corrected chi connectivity index (χ0v) is 18.6. The molecule has 2 N–H and O–H groups in total. The molecule has 31 heavy (non-hydrogen) atoms. The lowest BCUT2D eigenvalue weighted by Crippen LogP contribution is -2.28. The molecule has 0 fully saturated rings. The summed E-state index contributed by atoms with van der Waals surface area (Å²) in [4.78, 5) is 26.2. The fraction of sp³-hybridized carbons (Fsp3) is 0.167. The van der Waals surface area contributed by atoms with E-state index in [4.69, 9.17) is 16.3 Å². The van der Waals surface area contributed by atoms with Crippen molar-refractivity contribution in [3.8, 4) is 0 Å². The second-order valence-electron chi connectivity index (χ2n) is 6.69. The summed E-state index contributed by atoms with van der Waals surface area (Å²) in [5.74, 6) is 0.255. The maximum absolute atomic E-state index is 12.7. The third kappa shape index (κ3) is 6.85. The van der Waals surface area contributed by atoms with Crippen molar-refractivity contribution in [2.45, 2.75) is 10.6 Å². The van der Waals surface area contributed by atoms with E-state index < -0.39 is 0 Å². The first-order chi connectivity index (χ1) is 15.1. The van der Waals surface area contributed by atoms with Crippen LogP contribution >= 0.6 is 23.4 Å².